The van der Waals surface area contributed by atoms with E-state index in [1.165, 1.54) is 6.07 Å². The largest absolute Gasteiger partial charge is 0.496 e. The molecule has 0 radical (unpaired) electrons. The Labute approximate surface area is 103 Å². The minimum Gasteiger partial charge on any atom is -0.407 e. The lowest BCUT2D eigenvalue weighted by atomic mass is 9.75. The third-order valence-electron chi connectivity index (χ3n) is 2.46. The van der Waals surface area contributed by atoms with Crippen molar-refractivity contribution in [3.8, 4) is 0 Å². The van der Waals surface area contributed by atoms with Crippen molar-refractivity contribution < 1.29 is 13.7 Å². The Kier molecular flexibility index (Phi) is 3.38. The molecule has 0 aromatic heterocycles. The van der Waals surface area contributed by atoms with E-state index in [-0.39, 0.29) is 11.2 Å². The molecular formula is C11H13BBrFO2. The molecule has 1 aliphatic heterocycles. The van der Waals surface area contributed by atoms with Gasteiger partial charge in [-0.25, -0.2) is 4.39 Å². The van der Waals surface area contributed by atoms with Crippen LogP contribution in [0.4, 0.5) is 4.39 Å². The highest BCUT2D eigenvalue weighted by Gasteiger charge is 2.35. The highest BCUT2D eigenvalue weighted by Crippen LogP contribution is 2.22. The Balaban J connectivity index is 2.17. The predicted molar refractivity (Wildman–Crippen MR) is 65.2 cm³/mol. The molecule has 1 saturated heterocycles. The number of hydrogen-bond acceptors (Lipinski definition) is 2. The normalized spacial score (nSPS) is 19.9. The summed E-state index contributed by atoms with van der Waals surface area (Å²) in [5.74, 6) is -0.298. The Morgan fingerprint density at radius 3 is 2.56 bits per heavy atom. The molecular weight excluding hydrogens is 274 g/mol. The predicted octanol–water partition coefficient (Wildman–Crippen LogP) is 2.36. The standard InChI is InChI=1S/C11H13BBrFO2/c1-11(2)6-15-12(16-7-11)9-5-8(13)3-4-10(9)14/h3-5H,6-7H2,1-2H3. The molecule has 2 rings (SSSR count). The van der Waals surface area contributed by atoms with Crippen molar-refractivity contribution in [3.63, 3.8) is 0 Å². The third kappa shape index (κ3) is 2.65. The summed E-state index contributed by atoms with van der Waals surface area (Å²) in [6.07, 6.45) is 0. The van der Waals surface area contributed by atoms with Gasteiger partial charge in [0.15, 0.2) is 0 Å². The van der Waals surface area contributed by atoms with Crippen molar-refractivity contribution in [3.05, 3.63) is 28.5 Å². The zero-order valence-electron chi connectivity index (χ0n) is 9.30. The van der Waals surface area contributed by atoms with Crippen LogP contribution in [-0.4, -0.2) is 20.3 Å². The van der Waals surface area contributed by atoms with Crippen molar-refractivity contribution in [1.29, 1.82) is 0 Å². The summed E-state index contributed by atoms with van der Waals surface area (Å²) >= 11 is 3.31. The van der Waals surface area contributed by atoms with Crippen LogP contribution in [0.15, 0.2) is 22.7 Å². The Bertz CT molecular complexity index is 388. The molecule has 1 aromatic rings. The van der Waals surface area contributed by atoms with Crippen LogP contribution in [0.1, 0.15) is 13.8 Å². The molecule has 0 saturated carbocycles. The fraction of sp³-hybridized carbons (Fsp3) is 0.455. The number of benzene rings is 1. The van der Waals surface area contributed by atoms with Crippen LogP contribution in [0, 0.1) is 11.2 Å². The van der Waals surface area contributed by atoms with Crippen LogP contribution in [0.5, 0.6) is 0 Å². The summed E-state index contributed by atoms with van der Waals surface area (Å²) in [5.41, 5.74) is 0.448. The third-order valence-corrected chi connectivity index (χ3v) is 2.96. The van der Waals surface area contributed by atoms with Gasteiger partial charge in [-0.1, -0.05) is 29.8 Å². The molecule has 16 heavy (non-hydrogen) atoms. The summed E-state index contributed by atoms with van der Waals surface area (Å²) in [6, 6.07) is 4.76. The van der Waals surface area contributed by atoms with E-state index in [0.717, 1.165) is 4.47 Å². The molecule has 2 nitrogen and oxygen atoms in total. The monoisotopic (exact) mass is 286 g/mol. The zero-order valence-corrected chi connectivity index (χ0v) is 10.9. The molecule has 5 heteroatoms. The van der Waals surface area contributed by atoms with Crippen molar-refractivity contribution in [2.45, 2.75) is 13.8 Å². The molecule has 0 unspecified atom stereocenters. The summed E-state index contributed by atoms with van der Waals surface area (Å²) in [6.45, 7) is 5.26. The molecule has 86 valence electrons. The molecule has 1 aromatic carbocycles. The first-order valence-corrected chi connectivity index (χ1v) is 5.95. The zero-order chi connectivity index (χ0) is 11.8. The Morgan fingerprint density at radius 2 is 1.94 bits per heavy atom. The van der Waals surface area contributed by atoms with Crippen molar-refractivity contribution >= 4 is 28.5 Å². The number of rotatable bonds is 1. The van der Waals surface area contributed by atoms with Gasteiger partial charge in [-0.3, -0.25) is 0 Å². The van der Waals surface area contributed by atoms with E-state index in [2.05, 4.69) is 29.8 Å². The van der Waals surface area contributed by atoms with Gasteiger partial charge >= 0.3 is 7.12 Å². The lowest BCUT2D eigenvalue weighted by Gasteiger charge is -2.33. The van der Waals surface area contributed by atoms with Gasteiger partial charge in [-0.05, 0) is 18.2 Å². The average molecular weight is 287 g/mol. The second-order valence-corrected chi connectivity index (χ2v) is 5.70. The molecule has 0 spiro atoms. The molecule has 0 atom stereocenters. The van der Waals surface area contributed by atoms with Gasteiger partial charge in [-0.15, -0.1) is 0 Å². The van der Waals surface area contributed by atoms with Gasteiger partial charge < -0.3 is 9.31 Å². The van der Waals surface area contributed by atoms with E-state index in [9.17, 15) is 4.39 Å². The summed E-state index contributed by atoms with van der Waals surface area (Å²) in [4.78, 5) is 0. The van der Waals surface area contributed by atoms with E-state index in [0.29, 0.717) is 18.7 Å². The molecule has 1 fully saturated rings. The topological polar surface area (TPSA) is 18.5 Å². The van der Waals surface area contributed by atoms with Crippen LogP contribution in [-0.2, 0) is 9.31 Å². The van der Waals surface area contributed by atoms with Crippen molar-refractivity contribution in [2.75, 3.05) is 13.2 Å². The first-order valence-electron chi connectivity index (χ1n) is 5.16. The van der Waals surface area contributed by atoms with E-state index in [4.69, 9.17) is 9.31 Å². The number of hydrogen-bond donors (Lipinski definition) is 0. The molecule has 0 amide bonds. The lowest BCUT2D eigenvalue weighted by Crippen LogP contribution is -2.48. The van der Waals surface area contributed by atoms with Gasteiger partial charge in [0, 0.05) is 28.6 Å². The van der Waals surface area contributed by atoms with Gasteiger partial charge in [0.2, 0.25) is 0 Å². The first kappa shape index (κ1) is 12.1. The fourth-order valence-electron chi connectivity index (χ4n) is 1.57. The van der Waals surface area contributed by atoms with Crippen molar-refractivity contribution in [1.82, 2.24) is 0 Å². The van der Waals surface area contributed by atoms with E-state index in [1.54, 1.807) is 12.1 Å². The van der Waals surface area contributed by atoms with Crippen LogP contribution in [0.25, 0.3) is 0 Å². The second-order valence-electron chi connectivity index (χ2n) is 4.78. The van der Waals surface area contributed by atoms with Gasteiger partial charge in [-0.2, -0.15) is 0 Å². The van der Waals surface area contributed by atoms with Crippen LogP contribution < -0.4 is 5.46 Å². The summed E-state index contributed by atoms with van der Waals surface area (Å²) in [5, 5.41) is 0. The highest BCUT2D eigenvalue weighted by molar-refractivity contribution is 9.10. The Morgan fingerprint density at radius 1 is 1.31 bits per heavy atom. The number of halogens is 2. The maximum absolute atomic E-state index is 13.6. The molecule has 1 aliphatic rings. The van der Waals surface area contributed by atoms with Gasteiger partial charge in [0.25, 0.3) is 0 Å². The van der Waals surface area contributed by atoms with E-state index < -0.39 is 7.12 Å². The smallest absolute Gasteiger partial charge is 0.407 e. The first-order chi connectivity index (χ1) is 7.48. The van der Waals surface area contributed by atoms with E-state index in [1.807, 2.05) is 0 Å². The fourth-order valence-corrected chi connectivity index (χ4v) is 1.95. The molecule has 0 bridgehead atoms. The SMILES string of the molecule is CC1(C)COB(c2cc(Br)ccc2F)OC1. The molecule has 1 heterocycles. The van der Waals surface area contributed by atoms with Crippen LogP contribution in [0.3, 0.4) is 0 Å². The maximum atomic E-state index is 13.6. The summed E-state index contributed by atoms with van der Waals surface area (Å²) in [7, 11) is -0.592. The minimum atomic E-state index is -0.592. The minimum absolute atomic E-state index is 0.00100. The van der Waals surface area contributed by atoms with Crippen LogP contribution in [0.2, 0.25) is 0 Å². The Hall–Kier alpha value is -0.385. The van der Waals surface area contributed by atoms with Gasteiger partial charge in [0.1, 0.15) is 5.82 Å². The highest BCUT2D eigenvalue weighted by atomic mass is 79.9. The quantitative estimate of drug-likeness (QED) is 0.738. The van der Waals surface area contributed by atoms with Gasteiger partial charge in [0.05, 0.1) is 0 Å². The van der Waals surface area contributed by atoms with E-state index >= 15 is 0 Å². The molecule has 0 N–H and O–H groups in total. The maximum Gasteiger partial charge on any atom is 0.496 e. The molecule has 0 aliphatic carbocycles. The van der Waals surface area contributed by atoms with Crippen molar-refractivity contribution in [2.24, 2.45) is 5.41 Å². The average Bonchev–Trinajstić information content (AvgIpc) is 2.22. The second kappa shape index (κ2) is 4.47. The van der Waals surface area contributed by atoms with Crippen LogP contribution >= 0.6 is 15.9 Å². The summed E-state index contributed by atoms with van der Waals surface area (Å²) < 4.78 is 25.5. The lowest BCUT2D eigenvalue weighted by molar-refractivity contribution is 0.0340.